The fourth-order valence-electron chi connectivity index (χ4n) is 3.51. The van der Waals surface area contributed by atoms with Crippen LogP contribution in [0.1, 0.15) is 34.1 Å². The highest BCUT2D eigenvalue weighted by atomic mass is 32.2. The first-order chi connectivity index (χ1) is 16.5. The summed E-state index contributed by atoms with van der Waals surface area (Å²) in [5, 5.41) is 18.4. The first-order valence-electron chi connectivity index (χ1n) is 10.5. The van der Waals surface area contributed by atoms with Gasteiger partial charge in [0.1, 0.15) is 0 Å². The lowest BCUT2D eigenvalue weighted by molar-refractivity contribution is -0.115. The molecular weight excluding hydrogens is 470 g/mol. The zero-order valence-electron chi connectivity index (χ0n) is 18.1. The SMILES string of the molecule is CCC(Sc1cccc(NC(=O)c2cccc3cccc(C(=O)O)c23)c1)C(=O)Nc1nccs1. The molecule has 1 unspecified atom stereocenters. The van der Waals surface area contributed by atoms with Gasteiger partial charge in [-0.3, -0.25) is 9.59 Å². The number of carboxylic acid groups (broad SMARTS) is 1. The molecule has 7 nitrogen and oxygen atoms in total. The maximum absolute atomic E-state index is 13.1. The number of thiazole rings is 1. The van der Waals surface area contributed by atoms with Crippen LogP contribution in [0.15, 0.2) is 77.1 Å². The van der Waals surface area contributed by atoms with E-state index in [0.29, 0.717) is 28.0 Å². The number of anilines is 2. The molecule has 3 N–H and O–H groups in total. The van der Waals surface area contributed by atoms with Gasteiger partial charge in [0.25, 0.3) is 5.91 Å². The number of amides is 2. The molecule has 4 rings (SSSR count). The van der Waals surface area contributed by atoms with Crippen molar-refractivity contribution >= 4 is 62.5 Å². The number of benzene rings is 3. The maximum Gasteiger partial charge on any atom is 0.336 e. The highest BCUT2D eigenvalue weighted by molar-refractivity contribution is 8.00. The van der Waals surface area contributed by atoms with E-state index in [1.165, 1.54) is 29.2 Å². The molecule has 1 heterocycles. The Morgan fingerprint density at radius 1 is 1.03 bits per heavy atom. The molecule has 0 aliphatic carbocycles. The smallest absolute Gasteiger partial charge is 0.336 e. The maximum atomic E-state index is 13.1. The van der Waals surface area contributed by atoms with E-state index in [9.17, 15) is 19.5 Å². The van der Waals surface area contributed by atoms with Crippen LogP contribution in [0, 0.1) is 0 Å². The largest absolute Gasteiger partial charge is 0.478 e. The molecule has 9 heteroatoms. The van der Waals surface area contributed by atoms with Gasteiger partial charge in [-0.1, -0.05) is 37.3 Å². The Hall–Kier alpha value is -3.69. The normalized spacial score (nSPS) is 11.7. The molecule has 1 atom stereocenters. The van der Waals surface area contributed by atoms with Crippen LogP contribution in [0.4, 0.5) is 10.8 Å². The highest BCUT2D eigenvalue weighted by Gasteiger charge is 2.20. The number of fused-ring (bicyclic) bond motifs is 1. The average molecular weight is 492 g/mol. The Morgan fingerprint density at radius 3 is 2.44 bits per heavy atom. The molecule has 3 aromatic carbocycles. The van der Waals surface area contributed by atoms with Crippen LogP contribution in [0.25, 0.3) is 10.8 Å². The summed E-state index contributed by atoms with van der Waals surface area (Å²) in [5.41, 5.74) is 0.905. The molecule has 4 aromatic rings. The minimum atomic E-state index is -1.09. The Labute approximate surface area is 204 Å². The fraction of sp³-hybridized carbons (Fsp3) is 0.120. The van der Waals surface area contributed by atoms with Crippen LogP contribution >= 0.6 is 23.1 Å². The second-order valence-corrected chi connectivity index (χ2v) is 9.51. The molecule has 0 radical (unpaired) electrons. The van der Waals surface area contributed by atoms with Crippen molar-refractivity contribution in [3.8, 4) is 0 Å². The third kappa shape index (κ3) is 5.27. The molecule has 0 fully saturated rings. The van der Waals surface area contributed by atoms with Gasteiger partial charge in [-0.2, -0.15) is 0 Å². The van der Waals surface area contributed by atoms with Crippen LogP contribution in [-0.2, 0) is 4.79 Å². The van der Waals surface area contributed by atoms with Gasteiger partial charge in [-0.05, 0) is 42.1 Å². The van der Waals surface area contributed by atoms with Crippen molar-refractivity contribution in [2.45, 2.75) is 23.5 Å². The predicted octanol–water partition coefficient (Wildman–Crippen LogP) is 5.76. The van der Waals surface area contributed by atoms with Crippen molar-refractivity contribution in [2.24, 2.45) is 0 Å². The second kappa shape index (κ2) is 10.5. The van der Waals surface area contributed by atoms with Gasteiger partial charge in [0.2, 0.25) is 5.91 Å². The standard InChI is InChI=1S/C25H21N3O4S2/c1-2-20(23(30)28-25-26-12-13-33-25)34-17-9-5-8-16(14-17)27-22(29)18-10-3-6-15-7-4-11-19(21(15)18)24(31)32/h3-14,20H,2H2,1H3,(H,27,29)(H,31,32)(H,26,28,30). The summed E-state index contributed by atoms with van der Waals surface area (Å²) in [6, 6.07) is 17.3. The van der Waals surface area contributed by atoms with Crippen LogP contribution in [-0.4, -0.2) is 33.1 Å². The molecule has 0 aliphatic rings. The third-order valence-corrected chi connectivity index (χ3v) is 7.12. The monoisotopic (exact) mass is 491 g/mol. The number of carbonyl (C=O) groups is 3. The molecule has 0 saturated carbocycles. The molecule has 0 bridgehead atoms. The van der Waals surface area contributed by atoms with Crippen LogP contribution in [0.3, 0.4) is 0 Å². The van der Waals surface area contributed by atoms with E-state index in [0.717, 1.165) is 4.90 Å². The zero-order chi connectivity index (χ0) is 24.1. The number of hydrogen-bond acceptors (Lipinski definition) is 6. The van der Waals surface area contributed by atoms with Crippen LogP contribution in [0.5, 0.6) is 0 Å². The van der Waals surface area contributed by atoms with E-state index >= 15 is 0 Å². The van der Waals surface area contributed by atoms with Gasteiger partial charge in [0.05, 0.1) is 10.8 Å². The van der Waals surface area contributed by atoms with E-state index < -0.39 is 11.9 Å². The molecule has 0 aliphatic heterocycles. The number of aromatic carboxylic acids is 1. The van der Waals surface area contributed by atoms with Crippen molar-refractivity contribution in [3.05, 3.63) is 83.4 Å². The molecule has 0 saturated heterocycles. The van der Waals surface area contributed by atoms with Gasteiger partial charge in [0.15, 0.2) is 5.13 Å². The average Bonchev–Trinajstić information content (AvgIpc) is 3.34. The van der Waals surface area contributed by atoms with E-state index in [1.54, 1.807) is 60.1 Å². The lowest BCUT2D eigenvalue weighted by Crippen LogP contribution is -2.24. The number of carbonyl (C=O) groups excluding carboxylic acids is 2. The minimum Gasteiger partial charge on any atom is -0.478 e. The van der Waals surface area contributed by atoms with Crippen LogP contribution in [0.2, 0.25) is 0 Å². The summed E-state index contributed by atoms with van der Waals surface area (Å²) < 4.78 is 0. The number of thioether (sulfide) groups is 1. The molecule has 1 aromatic heterocycles. The van der Waals surface area contributed by atoms with Crippen molar-refractivity contribution in [1.29, 1.82) is 0 Å². The Morgan fingerprint density at radius 2 is 1.76 bits per heavy atom. The van der Waals surface area contributed by atoms with Gasteiger partial charge in [0, 0.05) is 33.1 Å². The Bertz CT molecular complexity index is 1350. The van der Waals surface area contributed by atoms with E-state index in [2.05, 4.69) is 15.6 Å². The second-order valence-electron chi connectivity index (χ2n) is 7.34. The lowest BCUT2D eigenvalue weighted by atomic mass is 9.98. The number of hydrogen-bond donors (Lipinski definition) is 3. The van der Waals surface area contributed by atoms with Crippen molar-refractivity contribution in [2.75, 3.05) is 10.6 Å². The first kappa shape index (κ1) is 23.5. The Balaban J connectivity index is 1.53. The minimum absolute atomic E-state index is 0.0737. The van der Waals surface area contributed by atoms with Crippen molar-refractivity contribution < 1.29 is 19.5 Å². The van der Waals surface area contributed by atoms with Gasteiger partial charge in [-0.25, -0.2) is 9.78 Å². The highest BCUT2D eigenvalue weighted by Crippen LogP contribution is 2.30. The fourth-order valence-corrected chi connectivity index (χ4v) is 5.06. The van der Waals surface area contributed by atoms with Gasteiger partial charge < -0.3 is 15.7 Å². The van der Waals surface area contributed by atoms with Crippen LogP contribution < -0.4 is 10.6 Å². The summed E-state index contributed by atoms with van der Waals surface area (Å²) in [4.78, 5) is 42.3. The molecule has 34 heavy (non-hydrogen) atoms. The molecule has 0 spiro atoms. The molecular formula is C25H21N3O4S2. The molecule has 172 valence electrons. The summed E-state index contributed by atoms with van der Waals surface area (Å²) >= 11 is 2.76. The van der Waals surface area contributed by atoms with Gasteiger partial charge >= 0.3 is 5.97 Å². The van der Waals surface area contributed by atoms with E-state index in [1.807, 2.05) is 13.0 Å². The van der Waals surface area contributed by atoms with Crippen molar-refractivity contribution in [1.82, 2.24) is 4.98 Å². The summed E-state index contributed by atoms with van der Waals surface area (Å²) in [7, 11) is 0. The van der Waals surface area contributed by atoms with E-state index in [4.69, 9.17) is 0 Å². The van der Waals surface area contributed by atoms with Gasteiger partial charge in [-0.15, -0.1) is 23.1 Å². The first-order valence-corrected chi connectivity index (χ1v) is 12.3. The molecule has 2 amide bonds. The summed E-state index contributed by atoms with van der Waals surface area (Å²) in [6.07, 6.45) is 2.25. The Kier molecular flexibility index (Phi) is 7.24. The van der Waals surface area contributed by atoms with E-state index in [-0.39, 0.29) is 22.3 Å². The summed E-state index contributed by atoms with van der Waals surface area (Å²) in [5.74, 6) is -1.63. The third-order valence-electron chi connectivity index (χ3n) is 5.08. The number of nitrogens with zero attached hydrogens (tertiary/aromatic N) is 1. The van der Waals surface area contributed by atoms with Crippen molar-refractivity contribution in [3.63, 3.8) is 0 Å². The number of aromatic nitrogens is 1. The number of carboxylic acids is 1. The quantitative estimate of drug-likeness (QED) is 0.271. The lowest BCUT2D eigenvalue weighted by Gasteiger charge is -2.15. The summed E-state index contributed by atoms with van der Waals surface area (Å²) in [6.45, 7) is 1.94. The predicted molar refractivity (Wildman–Crippen MR) is 136 cm³/mol. The number of rotatable bonds is 8. The topological polar surface area (TPSA) is 108 Å². The zero-order valence-corrected chi connectivity index (χ0v) is 19.8. The number of nitrogens with one attached hydrogen (secondary N) is 2.